The third-order valence-electron chi connectivity index (χ3n) is 3.87. The lowest BCUT2D eigenvalue weighted by Gasteiger charge is -2.12. The maximum atomic E-state index is 12.5. The van der Waals surface area contributed by atoms with Crippen LogP contribution >= 0.6 is 11.8 Å². The molecule has 0 unspecified atom stereocenters. The lowest BCUT2D eigenvalue weighted by molar-refractivity contribution is 0.102. The lowest BCUT2D eigenvalue weighted by atomic mass is 10.1. The van der Waals surface area contributed by atoms with Gasteiger partial charge in [-0.1, -0.05) is 23.9 Å². The van der Waals surface area contributed by atoms with Crippen LogP contribution in [-0.2, 0) is 0 Å². The summed E-state index contributed by atoms with van der Waals surface area (Å²) >= 11 is 1.35. The number of hydrogen-bond donors (Lipinski definition) is 0. The Morgan fingerprint density at radius 1 is 1.04 bits per heavy atom. The molecule has 3 aromatic rings. The smallest absolute Gasteiger partial charge is 0.196 e. The minimum absolute atomic E-state index is 0.0184. The first-order valence-electron chi connectivity index (χ1n) is 7.99. The molecule has 26 heavy (non-hydrogen) atoms. The minimum Gasteiger partial charge on any atom is -0.497 e. The van der Waals surface area contributed by atoms with Crippen LogP contribution in [0.4, 0.5) is 0 Å². The Bertz CT molecular complexity index is 907. The van der Waals surface area contributed by atoms with Gasteiger partial charge < -0.3 is 9.47 Å². The molecule has 0 aliphatic carbocycles. The molecule has 1 aromatic heterocycles. The molecule has 0 fully saturated rings. The van der Waals surface area contributed by atoms with Crippen molar-refractivity contribution in [2.45, 2.75) is 12.1 Å². The Labute approximate surface area is 156 Å². The highest BCUT2D eigenvalue weighted by Crippen LogP contribution is 2.28. The second-order valence-corrected chi connectivity index (χ2v) is 6.42. The van der Waals surface area contributed by atoms with Crippen LogP contribution in [0.25, 0.3) is 5.69 Å². The number of methoxy groups -OCH3 is 2. The van der Waals surface area contributed by atoms with E-state index in [2.05, 4.69) is 10.2 Å². The Hall–Kier alpha value is -2.80. The number of ketones is 1. The number of ether oxygens (including phenoxy) is 2. The summed E-state index contributed by atoms with van der Waals surface area (Å²) in [6.07, 6.45) is 0. The molecule has 0 saturated heterocycles. The van der Waals surface area contributed by atoms with Crippen molar-refractivity contribution in [3.63, 3.8) is 0 Å². The first kappa shape index (κ1) is 18.0. The van der Waals surface area contributed by atoms with E-state index in [1.807, 2.05) is 35.8 Å². The standard InChI is InChI=1S/C19H19N3O3S/c1-13-20-21-19(22(13)16-6-4-5-7-18(16)25-3)26-12-17(23)14-8-10-15(24-2)11-9-14/h4-11H,12H2,1-3H3. The van der Waals surface area contributed by atoms with Gasteiger partial charge in [-0.15, -0.1) is 10.2 Å². The Kier molecular flexibility index (Phi) is 5.58. The van der Waals surface area contributed by atoms with Gasteiger partial charge in [-0.05, 0) is 43.3 Å². The van der Waals surface area contributed by atoms with Gasteiger partial charge in [0.1, 0.15) is 17.3 Å². The van der Waals surface area contributed by atoms with Crippen molar-refractivity contribution in [2.24, 2.45) is 0 Å². The highest BCUT2D eigenvalue weighted by Gasteiger charge is 2.16. The number of Topliss-reactive ketones (excluding diaryl/α,β-unsaturated/α-hetero) is 1. The zero-order valence-corrected chi connectivity index (χ0v) is 15.6. The molecule has 0 aliphatic rings. The van der Waals surface area contributed by atoms with E-state index in [4.69, 9.17) is 9.47 Å². The zero-order valence-electron chi connectivity index (χ0n) is 14.8. The normalized spacial score (nSPS) is 10.6. The fraction of sp³-hybridized carbons (Fsp3) is 0.211. The molecular formula is C19H19N3O3S. The van der Waals surface area contributed by atoms with Gasteiger partial charge in [0.2, 0.25) is 0 Å². The molecule has 1 heterocycles. The molecule has 0 radical (unpaired) electrons. The van der Waals surface area contributed by atoms with E-state index in [1.54, 1.807) is 38.5 Å². The highest BCUT2D eigenvalue weighted by atomic mass is 32.2. The molecule has 134 valence electrons. The molecule has 0 bridgehead atoms. The first-order valence-corrected chi connectivity index (χ1v) is 8.98. The summed E-state index contributed by atoms with van der Waals surface area (Å²) in [6.45, 7) is 1.87. The van der Waals surface area contributed by atoms with Gasteiger partial charge in [0, 0.05) is 5.56 Å². The number of hydrogen-bond acceptors (Lipinski definition) is 6. The number of carbonyl (C=O) groups excluding carboxylic acids is 1. The number of para-hydroxylation sites is 2. The molecule has 2 aromatic carbocycles. The van der Waals surface area contributed by atoms with Crippen LogP contribution in [0.2, 0.25) is 0 Å². The van der Waals surface area contributed by atoms with Gasteiger partial charge in [0.15, 0.2) is 10.9 Å². The Morgan fingerprint density at radius 2 is 1.77 bits per heavy atom. The van der Waals surface area contributed by atoms with Crippen molar-refractivity contribution in [2.75, 3.05) is 20.0 Å². The molecule has 0 amide bonds. The van der Waals surface area contributed by atoms with Gasteiger partial charge in [0.25, 0.3) is 0 Å². The predicted octanol–water partition coefficient (Wildman–Crippen LogP) is 3.57. The van der Waals surface area contributed by atoms with Gasteiger partial charge >= 0.3 is 0 Å². The second kappa shape index (κ2) is 8.05. The largest absolute Gasteiger partial charge is 0.497 e. The minimum atomic E-state index is 0.0184. The van der Waals surface area contributed by atoms with Gasteiger partial charge in [-0.2, -0.15) is 0 Å². The van der Waals surface area contributed by atoms with Crippen molar-refractivity contribution >= 4 is 17.5 Å². The molecule has 0 saturated carbocycles. The van der Waals surface area contributed by atoms with E-state index in [1.165, 1.54) is 11.8 Å². The quantitative estimate of drug-likeness (QED) is 0.469. The molecular weight excluding hydrogens is 350 g/mol. The second-order valence-electron chi connectivity index (χ2n) is 5.48. The zero-order chi connectivity index (χ0) is 18.5. The van der Waals surface area contributed by atoms with E-state index >= 15 is 0 Å². The Morgan fingerprint density at radius 3 is 2.46 bits per heavy atom. The monoisotopic (exact) mass is 369 g/mol. The summed E-state index contributed by atoms with van der Waals surface area (Å²) in [4.78, 5) is 12.5. The molecule has 7 heteroatoms. The predicted molar refractivity (Wildman–Crippen MR) is 101 cm³/mol. The fourth-order valence-corrected chi connectivity index (χ4v) is 3.40. The fourth-order valence-electron chi connectivity index (χ4n) is 2.52. The van der Waals surface area contributed by atoms with E-state index in [0.717, 1.165) is 23.0 Å². The van der Waals surface area contributed by atoms with Crippen LogP contribution in [0.15, 0.2) is 53.7 Å². The van der Waals surface area contributed by atoms with Gasteiger partial charge in [-0.25, -0.2) is 0 Å². The maximum Gasteiger partial charge on any atom is 0.196 e. The SMILES string of the molecule is COc1ccc(C(=O)CSc2nnc(C)n2-c2ccccc2OC)cc1. The lowest BCUT2D eigenvalue weighted by Crippen LogP contribution is -2.06. The summed E-state index contributed by atoms with van der Waals surface area (Å²) in [5.41, 5.74) is 1.48. The van der Waals surface area contributed by atoms with Crippen LogP contribution in [0, 0.1) is 6.92 Å². The van der Waals surface area contributed by atoms with Crippen molar-refractivity contribution in [3.05, 3.63) is 59.9 Å². The van der Waals surface area contributed by atoms with Crippen LogP contribution in [0.5, 0.6) is 11.5 Å². The molecule has 0 atom stereocenters. The third kappa shape index (κ3) is 3.72. The third-order valence-corrected chi connectivity index (χ3v) is 4.79. The van der Waals surface area contributed by atoms with E-state index in [9.17, 15) is 4.79 Å². The van der Waals surface area contributed by atoms with Crippen molar-refractivity contribution in [3.8, 4) is 17.2 Å². The molecule has 0 N–H and O–H groups in total. The van der Waals surface area contributed by atoms with E-state index in [-0.39, 0.29) is 11.5 Å². The van der Waals surface area contributed by atoms with Crippen molar-refractivity contribution in [1.29, 1.82) is 0 Å². The Balaban J connectivity index is 1.80. The van der Waals surface area contributed by atoms with Crippen LogP contribution in [-0.4, -0.2) is 40.5 Å². The highest BCUT2D eigenvalue weighted by molar-refractivity contribution is 7.99. The average Bonchev–Trinajstić information content (AvgIpc) is 3.06. The van der Waals surface area contributed by atoms with Crippen LogP contribution < -0.4 is 9.47 Å². The molecule has 0 aliphatic heterocycles. The number of rotatable bonds is 7. The van der Waals surface area contributed by atoms with Gasteiger partial charge in [-0.3, -0.25) is 9.36 Å². The van der Waals surface area contributed by atoms with Gasteiger partial charge in [0.05, 0.1) is 25.7 Å². The molecule has 3 rings (SSSR count). The summed E-state index contributed by atoms with van der Waals surface area (Å²) in [5, 5.41) is 9.01. The maximum absolute atomic E-state index is 12.5. The topological polar surface area (TPSA) is 66.2 Å². The summed E-state index contributed by atoms with van der Waals surface area (Å²) in [7, 11) is 3.22. The van der Waals surface area contributed by atoms with Crippen LogP contribution in [0.1, 0.15) is 16.2 Å². The number of aryl methyl sites for hydroxylation is 1. The molecule has 0 spiro atoms. The summed E-state index contributed by atoms with van der Waals surface area (Å²) in [6, 6.07) is 14.7. The summed E-state index contributed by atoms with van der Waals surface area (Å²) in [5.74, 6) is 2.46. The van der Waals surface area contributed by atoms with E-state index in [0.29, 0.717) is 10.7 Å². The number of thioether (sulfide) groups is 1. The first-order chi connectivity index (χ1) is 12.6. The van der Waals surface area contributed by atoms with Crippen LogP contribution in [0.3, 0.4) is 0 Å². The van der Waals surface area contributed by atoms with Crippen molar-refractivity contribution in [1.82, 2.24) is 14.8 Å². The summed E-state index contributed by atoms with van der Waals surface area (Å²) < 4.78 is 12.4. The number of aromatic nitrogens is 3. The van der Waals surface area contributed by atoms with Crippen molar-refractivity contribution < 1.29 is 14.3 Å². The average molecular weight is 369 g/mol. The van der Waals surface area contributed by atoms with E-state index < -0.39 is 0 Å². The number of benzene rings is 2. The number of carbonyl (C=O) groups is 1. The molecule has 6 nitrogen and oxygen atoms in total. The number of nitrogens with zero attached hydrogens (tertiary/aromatic N) is 3.